The summed E-state index contributed by atoms with van der Waals surface area (Å²) in [5.41, 5.74) is -0.0400. The maximum Gasteiger partial charge on any atom is 0.358 e. The number of nitrogens with one attached hydrogen (secondary N) is 1. The molecule has 6 heteroatoms. The molecule has 0 atom stereocenters. The van der Waals surface area contributed by atoms with E-state index in [0.29, 0.717) is 12.3 Å². The smallest absolute Gasteiger partial charge is 0.358 e. The number of carboxylic acid groups (broad SMARTS) is 1. The van der Waals surface area contributed by atoms with E-state index in [0.717, 1.165) is 13.0 Å². The van der Waals surface area contributed by atoms with Gasteiger partial charge < -0.3 is 14.9 Å². The van der Waals surface area contributed by atoms with Crippen LogP contribution in [0.15, 0.2) is 10.6 Å². The quantitative estimate of drug-likeness (QED) is 0.660. The van der Waals surface area contributed by atoms with Gasteiger partial charge in [-0.1, -0.05) is 11.6 Å². The normalized spacial score (nSPS) is 10.6. The van der Waals surface area contributed by atoms with E-state index in [9.17, 15) is 4.79 Å². The summed E-state index contributed by atoms with van der Waals surface area (Å²) in [7, 11) is 0. The van der Waals surface area contributed by atoms with Crippen LogP contribution in [-0.2, 0) is 6.54 Å². The topological polar surface area (TPSA) is 75.4 Å². The van der Waals surface area contributed by atoms with Crippen LogP contribution in [0, 0.1) is 0 Å². The number of rotatable bonds is 9. The summed E-state index contributed by atoms with van der Waals surface area (Å²) in [6, 6.07) is 1.45. The first-order valence-electron chi connectivity index (χ1n) is 5.62. The molecule has 0 aliphatic heterocycles. The molecule has 0 unspecified atom stereocenters. The summed E-state index contributed by atoms with van der Waals surface area (Å²) in [4.78, 5) is 10.5. The summed E-state index contributed by atoms with van der Waals surface area (Å²) in [6.07, 6.45) is 5.70. The van der Waals surface area contributed by atoms with Crippen LogP contribution >= 0.6 is 11.8 Å². The highest BCUT2D eigenvalue weighted by Crippen LogP contribution is 2.04. The van der Waals surface area contributed by atoms with Crippen molar-refractivity contribution >= 4 is 17.7 Å². The van der Waals surface area contributed by atoms with Crippen molar-refractivity contribution in [2.75, 3.05) is 18.6 Å². The molecule has 2 N–H and O–H groups in total. The molecule has 0 spiro atoms. The molecular weight excluding hydrogens is 240 g/mol. The van der Waals surface area contributed by atoms with E-state index in [1.54, 1.807) is 0 Å². The number of unbranched alkanes of at least 4 members (excludes halogenated alkanes) is 2. The molecule has 0 saturated carbocycles. The SMILES string of the molecule is CSCCCCCNCc1cc(C(=O)O)no1. The van der Waals surface area contributed by atoms with Crippen molar-refractivity contribution in [3.05, 3.63) is 17.5 Å². The summed E-state index contributed by atoms with van der Waals surface area (Å²) < 4.78 is 4.87. The molecule has 1 aromatic rings. The van der Waals surface area contributed by atoms with Gasteiger partial charge in [-0.25, -0.2) is 4.79 Å². The molecule has 5 nitrogen and oxygen atoms in total. The maximum atomic E-state index is 10.5. The molecule has 0 aliphatic carbocycles. The van der Waals surface area contributed by atoms with Crippen LogP contribution in [0.5, 0.6) is 0 Å². The second-order valence-electron chi connectivity index (χ2n) is 3.71. The Morgan fingerprint density at radius 3 is 3.00 bits per heavy atom. The van der Waals surface area contributed by atoms with Crippen LogP contribution in [0.1, 0.15) is 35.5 Å². The number of thioether (sulfide) groups is 1. The van der Waals surface area contributed by atoms with Crippen molar-refractivity contribution in [1.29, 1.82) is 0 Å². The van der Waals surface area contributed by atoms with E-state index in [-0.39, 0.29) is 5.69 Å². The highest BCUT2D eigenvalue weighted by atomic mass is 32.2. The third-order valence-corrected chi connectivity index (χ3v) is 2.98. The van der Waals surface area contributed by atoms with Crippen molar-refractivity contribution in [3.8, 4) is 0 Å². The van der Waals surface area contributed by atoms with Crippen molar-refractivity contribution in [3.63, 3.8) is 0 Å². The molecule has 0 aliphatic rings. The molecule has 1 aromatic heterocycles. The zero-order valence-corrected chi connectivity index (χ0v) is 10.8. The van der Waals surface area contributed by atoms with Crippen LogP contribution in [0.25, 0.3) is 0 Å². The fourth-order valence-corrected chi connectivity index (χ4v) is 1.87. The molecule has 0 fully saturated rings. The van der Waals surface area contributed by atoms with Crippen LogP contribution in [0.4, 0.5) is 0 Å². The van der Waals surface area contributed by atoms with E-state index in [2.05, 4.69) is 16.7 Å². The molecule has 1 heterocycles. The fraction of sp³-hybridized carbons (Fsp3) is 0.636. The molecule has 0 amide bonds. The number of aromatic carboxylic acids is 1. The minimum Gasteiger partial charge on any atom is -0.476 e. The number of hydrogen-bond donors (Lipinski definition) is 2. The summed E-state index contributed by atoms with van der Waals surface area (Å²) in [5, 5.41) is 15.3. The second-order valence-corrected chi connectivity index (χ2v) is 4.70. The second kappa shape index (κ2) is 8.14. The highest BCUT2D eigenvalue weighted by Gasteiger charge is 2.09. The molecule has 0 aromatic carbocycles. The van der Waals surface area contributed by atoms with E-state index >= 15 is 0 Å². The lowest BCUT2D eigenvalue weighted by Crippen LogP contribution is -2.14. The standard InChI is InChI=1S/C11H18N2O3S/c1-17-6-4-2-3-5-12-8-9-7-10(11(14)15)13-16-9/h7,12H,2-6,8H2,1H3,(H,14,15). The number of carboxylic acids is 1. The Labute approximate surface area is 105 Å². The first-order chi connectivity index (χ1) is 8.24. The highest BCUT2D eigenvalue weighted by molar-refractivity contribution is 7.98. The van der Waals surface area contributed by atoms with Crippen LogP contribution in [0.3, 0.4) is 0 Å². The molecule has 0 radical (unpaired) electrons. The van der Waals surface area contributed by atoms with E-state index < -0.39 is 5.97 Å². The Kier molecular flexibility index (Phi) is 6.73. The Hall–Kier alpha value is -1.01. The van der Waals surface area contributed by atoms with Crippen molar-refractivity contribution in [2.45, 2.75) is 25.8 Å². The van der Waals surface area contributed by atoms with Gasteiger partial charge in [0.15, 0.2) is 11.5 Å². The molecule has 17 heavy (non-hydrogen) atoms. The zero-order valence-electron chi connectivity index (χ0n) is 9.94. The zero-order chi connectivity index (χ0) is 12.5. The van der Waals surface area contributed by atoms with Crippen molar-refractivity contribution < 1.29 is 14.4 Å². The predicted molar refractivity (Wildman–Crippen MR) is 67.4 cm³/mol. The number of aromatic nitrogens is 1. The predicted octanol–water partition coefficient (Wildman–Crippen LogP) is 2.00. The van der Waals surface area contributed by atoms with E-state index in [1.165, 1.54) is 24.7 Å². The van der Waals surface area contributed by atoms with Crippen LogP contribution in [0.2, 0.25) is 0 Å². The minimum absolute atomic E-state index is 0.0400. The van der Waals surface area contributed by atoms with Gasteiger partial charge in [0.1, 0.15) is 0 Å². The monoisotopic (exact) mass is 258 g/mol. The van der Waals surface area contributed by atoms with Crippen molar-refractivity contribution in [1.82, 2.24) is 10.5 Å². The van der Waals surface area contributed by atoms with E-state index in [4.69, 9.17) is 9.63 Å². The molecule has 0 saturated heterocycles. The molecule has 1 rings (SSSR count). The summed E-state index contributed by atoms with van der Waals surface area (Å²) >= 11 is 1.87. The molecular formula is C11H18N2O3S. The van der Waals surface area contributed by atoms with Crippen molar-refractivity contribution in [2.24, 2.45) is 0 Å². The Bertz CT molecular complexity index is 341. The lowest BCUT2D eigenvalue weighted by molar-refractivity contribution is 0.0685. The van der Waals surface area contributed by atoms with Gasteiger partial charge >= 0.3 is 5.97 Å². The van der Waals surface area contributed by atoms with Gasteiger partial charge in [0.2, 0.25) is 0 Å². The minimum atomic E-state index is -1.06. The lowest BCUT2D eigenvalue weighted by atomic mass is 10.2. The van der Waals surface area contributed by atoms with Crippen LogP contribution in [-0.4, -0.2) is 34.8 Å². The van der Waals surface area contributed by atoms with Gasteiger partial charge in [0, 0.05) is 6.07 Å². The van der Waals surface area contributed by atoms with Crippen LogP contribution < -0.4 is 5.32 Å². The largest absolute Gasteiger partial charge is 0.476 e. The molecule has 96 valence electrons. The number of nitrogens with zero attached hydrogens (tertiary/aromatic N) is 1. The maximum absolute atomic E-state index is 10.5. The van der Waals surface area contributed by atoms with Gasteiger partial charge in [0.25, 0.3) is 0 Å². The summed E-state index contributed by atoms with van der Waals surface area (Å²) in [5.74, 6) is 0.716. The lowest BCUT2D eigenvalue weighted by Gasteiger charge is -2.01. The Morgan fingerprint density at radius 2 is 2.35 bits per heavy atom. The Balaban J connectivity index is 2.07. The molecule has 0 bridgehead atoms. The number of hydrogen-bond acceptors (Lipinski definition) is 5. The fourth-order valence-electron chi connectivity index (χ4n) is 1.38. The van der Waals surface area contributed by atoms with Gasteiger partial charge in [0.05, 0.1) is 6.54 Å². The van der Waals surface area contributed by atoms with Gasteiger partial charge in [-0.15, -0.1) is 0 Å². The first-order valence-corrected chi connectivity index (χ1v) is 7.02. The van der Waals surface area contributed by atoms with E-state index in [1.807, 2.05) is 11.8 Å². The van der Waals surface area contributed by atoms with Gasteiger partial charge in [-0.2, -0.15) is 11.8 Å². The number of carbonyl (C=O) groups is 1. The average molecular weight is 258 g/mol. The first kappa shape index (κ1) is 14.1. The van der Waals surface area contributed by atoms with Gasteiger partial charge in [-0.3, -0.25) is 0 Å². The average Bonchev–Trinajstić information content (AvgIpc) is 2.77. The summed E-state index contributed by atoms with van der Waals surface area (Å²) in [6.45, 7) is 1.44. The third kappa shape index (κ3) is 5.74. The Morgan fingerprint density at radius 1 is 1.53 bits per heavy atom. The van der Waals surface area contributed by atoms with Gasteiger partial charge in [-0.05, 0) is 31.4 Å². The third-order valence-electron chi connectivity index (χ3n) is 2.28.